The molecule has 3 nitrogen and oxygen atoms in total. The number of fused-ring (bicyclic) bond motifs is 1. The standard InChI is InChI=1S/C14H20N2O/c1-3-11-16-12-4-2-8-14(16,7-1)9-5-13-6-10-15-17-13/h5-6,9-10H,1-4,7-8,11-12H2. The highest BCUT2D eigenvalue weighted by atomic mass is 16.5. The van der Waals surface area contributed by atoms with Gasteiger partial charge in [0.25, 0.3) is 0 Å². The Morgan fingerprint density at radius 2 is 1.94 bits per heavy atom. The lowest BCUT2D eigenvalue weighted by atomic mass is 9.79. The molecule has 0 N–H and O–H groups in total. The third-order valence-corrected chi connectivity index (χ3v) is 4.22. The first-order valence-corrected chi connectivity index (χ1v) is 6.74. The molecule has 0 radical (unpaired) electrons. The Balaban J connectivity index is 1.81. The first-order chi connectivity index (χ1) is 8.39. The first-order valence-electron chi connectivity index (χ1n) is 6.74. The Bertz CT molecular complexity index is 371. The summed E-state index contributed by atoms with van der Waals surface area (Å²) in [7, 11) is 0. The lowest BCUT2D eigenvalue weighted by molar-refractivity contribution is 0.0499. The molecule has 2 saturated heterocycles. The Morgan fingerprint density at radius 3 is 2.59 bits per heavy atom. The summed E-state index contributed by atoms with van der Waals surface area (Å²) in [6.45, 7) is 2.53. The van der Waals surface area contributed by atoms with Gasteiger partial charge in [-0.2, -0.15) is 0 Å². The number of aromatic nitrogens is 1. The number of hydrogen-bond acceptors (Lipinski definition) is 3. The van der Waals surface area contributed by atoms with Gasteiger partial charge in [0.1, 0.15) is 0 Å². The van der Waals surface area contributed by atoms with E-state index in [1.54, 1.807) is 6.20 Å². The largest absolute Gasteiger partial charge is 0.357 e. The van der Waals surface area contributed by atoms with Crippen molar-refractivity contribution in [2.75, 3.05) is 13.1 Å². The highest BCUT2D eigenvalue weighted by molar-refractivity contribution is 5.44. The van der Waals surface area contributed by atoms with Crippen LogP contribution >= 0.6 is 0 Å². The summed E-state index contributed by atoms with van der Waals surface area (Å²) in [5, 5.41) is 3.75. The summed E-state index contributed by atoms with van der Waals surface area (Å²) in [5.74, 6) is 0.871. The van der Waals surface area contributed by atoms with E-state index < -0.39 is 0 Å². The third-order valence-electron chi connectivity index (χ3n) is 4.22. The second-order valence-corrected chi connectivity index (χ2v) is 5.25. The highest BCUT2D eigenvalue weighted by Crippen LogP contribution is 2.37. The molecule has 0 bridgehead atoms. The molecule has 3 heteroatoms. The van der Waals surface area contributed by atoms with E-state index in [0.717, 1.165) is 5.76 Å². The van der Waals surface area contributed by atoms with Crippen molar-refractivity contribution in [1.82, 2.24) is 10.1 Å². The van der Waals surface area contributed by atoms with Gasteiger partial charge in [0.15, 0.2) is 5.76 Å². The summed E-state index contributed by atoms with van der Waals surface area (Å²) in [4.78, 5) is 2.67. The molecule has 0 amide bonds. The summed E-state index contributed by atoms with van der Waals surface area (Å²) < 4.78 is 5.15. The molecular formula is C14H20N2O. The Hall–Kier alpha value is -1.09. The second-order valence-electron chi connectivity index (χ2n) is 5.25. The predicted octanol–water partition coefficient (Wildman–Crippen LogP) is 3.10. The summed E-state index contributed by atoms with van der Waals surface area (Å²) in [6.07, 6.45) is 14.2. The summed E-state index contributed by atoms with van der Waals surface area (Å²) >= 11 is 0. The molecule has 0 saturated carbocycles. The molecule has 2 aliphatic heterocycles. The summed E-state index contributed by atoms with van der Waals surface area (Å²) in [6, 6.07) is 1.92. The molecule has 1 aromatic heterocycles. The van der Waals surface area contributed by atoms with Gasteiger partial charge < -0.3 is 4.52 Å². The van der Waals surface area contributed by atoms with Crippen molar-refractivity contribution in [2.45, 2.75) is 44.1 Å². The van der Waals surface area contributed by atoms with Crippen molar-refractivity contribution < 1.29 is 4.52 Å². The van der Waals surface area contributed by atoms with Crippen molar-refractivity contribution in [3.63, 3.8) is 0 Å². The van der Waals surface area contributed by atoms with Gasteiger partial charge in [0, 0.05) is 11.6 Å². The fraction of sp³-hybridized carbons (Fsp3) is 0.643. The van der Waals surface area contributed by atoms with Crippen LogP contribution in [0.2, 0.25) is 0 Å². The maximum atomic E-state index is 5.15. The van der Waals surface area contributed by atoms with E-state index >= 15 is 0 Å². The van der Waals surface area contributed by atoms with Crippen LogP contribution in [0.4, 0.5) is 0 Å². The lowest BCUT2D eigenvalue weighted by Gasteiger charge is -2.48. The van der Waals surface area contributed by atoms with Crippen LogP contribution in [0.3, 0.4) is 0 Å². The molecule has 0 unspecified atom stereocenters. The van der Waals surface area contributed by atoms with Crippen LogP contribution < -0.4 is 0 Å². The first kappa shape index (κ1) is 11.0. The molecule has 3 heterocycles. The van der Waals surface area contributed by atoms with Gasteiger partial charge in [-0.3, -0.25) is 4.90 Å². The van der Waals surface area contributed by atoms with Crippen molar-refractivity contribution in [3.05, 3.63) is 24.1 Å². The number of nitrogens with zero attached hydrogens (tertiary/aromatic N) is 2. The third kappa shape index (κ3) is 2.16. The van der Waals surface area contributed by atoms with Crippen molar-refractivity contribution in [2.24, 2.45) is 0 Å². The maximum absolute atomic E-state index is 5.15. The lowest BCUT2D eigenvalue weighted by Crippen LogP contribution is -2.53. The van der Waals surface area contributed by atoms with E-state index in [2.05, 4.69) is 22.2 Å². The van der Waals surface area contributed by atoms with Gasteiger partial charge in [-0.05, 0) is 44.8 Å². The van der Waals surface area contributed by atoms with E-state index in [9.17, 15) is 0 Å². The zero-order valence-corrected chi connectivity index (χ0v) is 10.3. The highest BCUT2D eigenvalue weighted by Gasteiger charge is 2.37. The maximum Gasteiger partial charge on any atom is 0.159 e. The molecular weight excluding hydrogens is 212 g/mol. The van der Waals surface area contributed by atoms with Gasteiger partial charge >= 0.3 is 0 Å². The molecule has 17 heavy (non-hydrogen) atoms. The average molecular weight is 232 g/mol. The number of piperidine rings is 2. The SMILES string of the molecule is C(=CC12CCCCN1CCCC2)c1ccno1. The van der Waals surface area contributed by atoms with Crippen molar-refractivity contribution in [1.29, 1.82) is 0 Å². The molecule has 2 aliphatic rings. The van der Waals surface area contributed by atoms with Crippen LogP contribution in [0.25, 0.3) is 6.08 Å². The quantitative estimate of drug-likeness (QED) is 0.784. The Morgan fingerprint density at radius 1 is 1.18 bits per heavy atom. The van der Waals surface area contributed by atoms with Crippen molar-refractivity contribution >= 4 is 6.08 Å². The van der Waals surface area contributed by atoms with Gasteiger partial charge in [-0.25, -0.2) is 0 Å². The molecule has 92 valence electrons. The molecule has 0 spiro atoms. The molecule has 0 aromatic carbocycles. The minimum absolute atomic E-state index is 0.309. The van der Waals surface area contributed by atoms with E-state index in [1.165, 1.54) is 51.6 Å². The van der Waals surface area contributed by atoms with Gasteiger partial charge in [-0.15, -0.1) is 0 Å². The van der Waals surface area contributed by atoms with Crippen LogP contribution in [0.15, 0.2) is 22.9 Å². The van der Waals surface area contributed by atoms with Gasteiger partial charge in [-0.1, -0.05) is 24.1 Å². The minimum atomic E-state index is 0.309. The Labute approximate surface area is 102 Å². The van der Waals surface area contributed by atoms with Crippen LogP contribution in [0, 0.1) is 0 Å². The fourth-order valence-corrected chi connectivity index (χ4v) is 3.29. The zero-order chi connectivity index (χ0) is 11.6. The minimum Gasteiger partial charge on any atom is -0.357 e. The topological polar surface area (TPSA) is 29.3 Å². The monoisotopic (exact) mass is 232 g/mol. The zero-order valence-electron chi connectivity index (χ0n) is 10.3. The van der Waals surface area contributed by atoms with Crippen LogP contribution in [-0.4, -0.2) is 28.7 Å². The fourth-order valence-electron chi connectivity index (χ4n) is 3.29. The molecule has 1 aromatic rings. The Kier molecular flexibility index (Phi) is 3.02. The molecule has 0 aliphatic carbocycles. The molecule has 3 rings (SSSR count). The van der Waals surface area contributed by atoms with Gasteiger partial charge in [0.05, 0.1) is 6.20 Å². The number of hydrogen-bond donors (Lipinski definition) is 0. The smallest absolute Gasteiger partial charge is 0.159 e. The van der Waals surface area contributed by atoms with E-state index in [4.69, 9.17) is 4.52 Å². The number of rotatable bonds is 2. The van der Waals surface area contributed by atoms with Crippen LogP contribution in [0.1, 0.15) is 44.3 Å². The normalized spacial score (nSPS) is 24.9. The van der Waals surface area contributed by atoms with Crippen molar-refractivity contribution in [3.8, 4) is 0 Å². The predicted molar refractivity (Wildman–Crippen MR) is 67.5 cm³/mol. The molecule has 2 fully saturated rings. The van der Waals surface area contributed by atoms with E-state index in [0.29, 0.717) is 5.54 Å². The summed E-state index contributed by atoms with van der Waals surface area (Å²) in [5.41, 5.74) is 0.309. The second kappa shape index (κ2) is 4.65. The average Bonchev–Trinajstić information content (AvgIpc) is 2.90. The van der Waals surface area contributed by atoms with Gasteiger partial charge in [0.2, 0.25) is 0 Å². The molecule has 0 atom stereocenters. The van der Waals surface area contributed by atoms with Crippen LogP contribution in [0.5, 0.6) is 0 Å². The van der Waals surface area contributed by atoms with E-state index in [-0.39, 0.29) is 0 Å². The van der Waals surface area contributed by atoms with Crippen LogP contribution in [-0.2, 0) is 0 Å². The van der Waals surface area contributed by atoms with E-state index in [1.807, 2.05) is 6.07 Å².